The molecule has 0 saturated heterocycles. The Morgan fingerprint density at radius 3 is 2.81 bits per heavy atom. The normalized spacial score (nSPS) is 10.1. The lowest BCUT2D eigenvalue weighted by molar-refractivity contribution is 0.0606. The Hall–Kier alpha value is -1.82. The quantitative estimate of drug-likeness (QED) is 0.752. The van der Waals surface area contributed by atoms with Crippen LogP contribution in [0.15, 0.2) is 24.5 Å². The first kappa shape index (κ1) is 10.7. The first-order valence-corrected chi connectivity index (χ1v) is 5.18. The molecule has 82 valence electrons. The fraction of sp³-hybridized carbons (Fsp3) is 0.100. The van der Waals surface area contributed by atoms with E-state index in [0.717, 1.165) is 17.5 Å². The molecule has 0 radical (unpaired) electrons. The van der Waals surface area contributed by atoms with Crippen LogP contribution < -0.4 is 0 Å². The number of halogens is 1. The molecule has 0 aliphatic rings. The highest BCUT2D eigenvalue weighted by Gasteiger charge is 2.12. The van der Waals surface area contributed by atoms with Gasteiger partial charge in [-0.05, 0) is 12.1 Å². The molecule has 0 aliphatic heterocycles. The number of esters is 1. The Kier molecular flexibility index (Phi) is 2.91. The van der Waals surface area contributed by atoms with Gasteiger partial charge in [0.2, 0.25) is 0 Å². The molecule has 2 aromatic heterocycles. The zero-order valence-corrected chi connectivity index (χ0v) is 9.12. The first-order chi connectivity index (χ1) is 7.70. The monoisotopic (exact) mass is 238 g/mol. The van der Waals surface area contributed by atoms with Crippen LogP contribution in [-0.2, 0) is 4.74 Å². The summed E-state index contributed by atoms with van der Waals surface area (Å²) < 4.78 is 17.2. The molecular weight excluding hydrogens is 231 g/mol. The maximum absolute atomic E-state index is 12.6. The Morgan fingerprint density at radius 2 is 2.19 bits per heavy atom. The summed E-state index contributed by atoms with van der Waals surface area (Å²) in [5, 5.41) is 0.556. The summed E-state index contributed by atoms with van der Waals surface area (Å²) in [6, 6.07) is 2.80. The molecule has 0 amide bonds. The molecule has 0 spiro atoms. The molecule has 2 heterocycles. The van der Waals surface area contributed by atoms with Crippen LogP contribution in [0.5, 0.6) is 0 Å². The number of carbonyl (C=O) groups excluding carboxylic acids is 1. The van der Waals surface area contributed by atoms with Crippen LogP contribution in [0, 0.1) is 5.82 Å². The van der Waals surface area contributed by atoms with Crippen molar-refractivity contribution in [3.05, 3.63) is 35.2 Å². The number of pyridine rings is 1. The minimum absolute atomic E-state index is 0.392. The largest absolute Gasteiger partial charge is 0.465 e. The lowest BCUT2D eigenvalue weighted by Gasteiger charge is -1.94. The van der Waals surface area contributed by atoms with Crippen LogP contribution in [-0.4, -0.2) is 23.0 Å². The van der Waals surface area contributed by atoms with Crippen molar-refractivity contribution in [2.75, 3.05) is 7.11 Å². The van der Waals surface area contributed by atoms with Crippen molar-refractivity contribution in [2.45, 2.75) is 0 Å². The number of thiazole rings is 1. The Morgan fingerprint density at radius 1 is 1.38 bits per heavy atom. The van der Waals surface area contributed by atoms with Gasteiger partial charge in [0, 0.05) is 0 Å². The lowest BCUT2D eigenvalue weighted by Crippen LogP contribution is -1.96. The van der Waals surface area contributed by atoms with E-state index in [1.54, 1.807) is 0 Å². The zero-order valence-electron chi connectivity index (χ0n) is 8.31. The molecular formula is C10H7FN2O2S. The van der Waals surface area contributed by atoms with E-state index < -0.39 is 11.8 Å². The van der Waals surface area contributed by atoms with Gasteiger partial charge in [-0.25, -0.2) is 14.2 Å². The number of methoxy groups -OCH3 is 1. The van der Waals surface area contributed by atoms with Crippen molar-refractivity contribution in [3.63, 3.8) is 0 Å². The van der Waals surface area contributed by atoms with E-state index in [2.05, 4.69) is 14.7 Å². The van der Waals surface area contributed by atoms with E-state index in [0.29, 0.717) is 15.6 Å². The van der Waals surface area contributed by atoms with Gasteiger partial charge in [-0.3, -0.25) is 4.98 Å². The molecule has 6 heteroatoms. The van der Waals surface area contributed by atoms with Crippen LogP contribution in [0.3, 0.4) is 0 Å². The van der Waals surface area contributed by atoms with Crippen LogP contribution in [0.25, 0.3) is 10.7 Å². The highest BCUT2D eigenvalue weighted by Crippen LogP contribution is 2.23. The van der Waals surface area contributed by atoms with Crippen molar-refractivity contribution in [3.8, 4) is 10.7 Å². The number of carbonyl (C=O) groups is 1. The number of nitrogens with zero attached hydrogens (tertiary/aromatic N) is 2. The van der Waals surface area contributed by atoms with Crippen LogP contribution in [0.4, 0.5) is 4.39 Å². The van der Waals surface area contributed by atoms with Crippen molar-refractivity contribution in [1.82, 2.24) is 9.97 Å². The molecule has 4 nitrogen and oxygen atoms in total. The number of hydrogen-bond acceptors (Lipinski definition) is 5. The topological polar surface area (TPSA) is 52.1 Å². The SMILES string of the molecule is COC(=O)c1cnc(-c2ccc(F)cn2)s1. The van der Waals surface area contributed by atoms with Crippen molar-refractivity contribution in [2.24, 2.45) is 0 Å². The molecule has 0 unspecified atom stereocenters. The third kappa shape index (κ3) is 2.06. The summed E-state index contributed by atoms with van der Waals surface area (Å²) in [7, 11) is 1.30. The summed E-state index contributed by atoms with van der Waals surface area (Å²) >= 11 is 1.15. The third-order valence-corrected chi connectivity index (χ3v) is 2.84. The molecule has 2 aromatic rings. The molecule has 16 heavy (non-hydrogen) atoms. The van der Waals surface area contributed by atoms with Crippen LogP contribution >= 0.6 is 11.3 Å². The van der Waals surface area contributed by atoms with E-state index in [1.807, 2.05) is 0 Å². The van der Waals surface area contributed by atoms with E-state index in [4.69, 9.17) is 0 Å². The molecule has 0 bridgehead atoms. The molecule has 0 fully saturated rings. The second-order valence-corrected chi connectivity index (χ2v) is 3.91. The summed E-state index contributed by atoms with van der Waals surface area (Å²) in [4.78, 5) is 19.5. The van der Waals surface area contributed by atoms with E-state index >= 15 is 0 Å². The Balaban J connectivity index is 2.31. The average molecular weight is 238 g/mol. The fourth-order valence-corrected chi connectivity index (χ4v) is 1.90. The van der Waals surface area contributed by atoms with Crippen molar-refractivity contribution >= 4 is 17.3 Å². The Bertz CT molecular complexity index is 510. The third-order valence-electron chi connectivity index (χ3n) is 1.84. The number of hydrogen-bond donors (Lipinski definition) is 0. The van der Waals surface area contributed by atoms with Gasteiger partial charge in [0.05, 0.1) is 25.2 Å². The van der Waals surface area contributed by atoms with Crippen LogP contribution in [0.2, 0.25) is 0 Å². The van der Waals surface area contributed by atoms with Gasteiger partial charge in [0.1, 0.15) is 15.7 Å². The smallest absolute Gasteiger partial charge is 0.349 e. The predicted octanol–water partition coefficient (Wildman–Crippen LogP) is 2.13. The van der Waals surface area contributed by atoms with Gasteiger partial charge in [0.25, 0.3) is 0 Å². The first-order valence-electron chi connectivity index (χ1n) is 4.37. The van der Waals surface area contributed by atoms with E-state index in [1.165, 1.54) is 25.4 Å². The molecule has 0 aliphatic carbocycles. The number of rotatable bonds is 2. The zero-order chi connectivity index (χ0) is 11.5. The van der Waals surface area contributed by atoms with Gasteiger partial charge in [-0.15, -0.1) is 11.3 Å². The second-order valence-electron chi connectivity index (χ2n) is 2.88. The van der Waals surface area contributed by atoms with E-state index in [-0.39, 0.29) is 0 Å². The van der Waals surface area contributed by atoms with Gasteiger partial charge >= 0.3 is 5.97 Å². The second kappa shape index (κ2) is 4.36. The predicted molar refractivity (Wildman–Crippen MR) is 56.6 cm³/mol. The lowest BCUT2D eigenvalue weighted by atomic mass is 10.3. The summed E-state index contributed by atoms with van der Waals surface area (Å²) in [5.41, 5.74) is 0.529. The highest BCUT2D eigenvalue weighted by molar-refractivity contribution is 7.16. The maximum atomic E-state index is 12.6. The summed E-state index contributed by atoms with van der Waals surface area (Å²) in [5.74, 6) is -0.848. The Labute approximate surface area is 94.7 Å². The minimum atomic E-state index is -0.439. The highest BCUT2D eigenvalue weighted by atomic mass is 32.1. The molecule has 0 saturated carbocycles. The number of aromatic nitrogens is 2. The van der Waals surface area contributed by atoms with Gasteiger partial charge < -0.3 is 4.74 Å². The van der Waals surface area contributed by atoms with Gasteiger partial charge in [-0.2, -0.15) is 0 Å². The minimum Gasteiger partial charge on any atom is -0.465 e. The molecule has 2 rings (SSSR count). The van der Waals surface area contributed by atoms with Gasteiger partial charge in [0.15, 0.2) is 0 Å². The molecule has 0 atom stereocenters. The molecule has 0 aromatic carbocycles. The fourth-order valence-electron chi connectivity index (χ4n) is 1.09. The standard InChI is InChI=1S/C10H7FN2O2S/c1-15-10(14)8-5-13-9(16-8)7-3-2-6(11)4-12-7/h2-5H,1H3. The van der Waals surface area contributed by atoms with Crippen molar-refractivity contribution in [1.29, 1.82) is 0 Å². The number of ether oxygens (including phenoxy) is 1. The maximum Gasteiger partial charge on any atom is 0.349 e. The summed E-state index contributed by atoms with van der Waals surface area (Å²) in [6.07, 6.45) is 2.52. The average Bonchev–Trinajstić information content (AvgIpc) is 2.78. The van der Waals surface area contributed by atoms with Gasteiger partial charge in [-0.1, -0.05) is 0 Å². The van der Waals surface area contributed by atoms with Crippen LogP contribution in [0.1, 0.15) is 9.67 Å². The van der Waals surface area contributed by atoms with Crippen molar-refractivity contribution < 1.29 is 13.9 Å². The van der Waals surface area contributed by atoms with E-state index in [9.17, 15) is 9.18 Å². The molecule has 0 N–H and O–H groups in total. The summed E-state index contributed by atoms with van der Waals surface area (Å²) in [6.45, 7) is 0.